The summed E-state index contributed by atoms with van der Waals surface area (Å²) >= 11 is 2.11. The van der Waals surface area contributed by atoms with Crippen LogP contribution in [0, 0.1) is 5.92 Å². The number of benzene rings is 2. The third-order valence-electron chi connectivity index (χ3n) is 6.91. The maximum Gasteiger partial charge on any atom is 0.308 e. The predicted octanol–water partition coefficient (Wildman–Crippen LogP) is 3.95. The zero-order valence-electron chi connectivity index (χ0n) is 21.4. The molecule has 4 heterocycles. The van der Waals surface area contributed by atoms with Crippen LogP contribution in [0.4, 0.5) is 11.4 Å². The number of nitrogens with one attached hydrogen (secondary N) is 1. The molecule has 0 aliphatic carbocycles. The van der Waals surface area contributed by atoms with Crippen molar-refractivity contribution in [2.45, 2.75) is 22.7 Å². The van der Waals surface area contributed by atoms with Crippen molar-refractivity contribution >= 4 is 52.2 Å². The Morgan fingerprint density at radius 1 is 0.950 bits per heavy atom. The van der Waals surface area contributed by atoms with Gasteiger partial charge in [0.1, 0.15) is 29.1 Å². The zero-order valence-corrected chi connectivity index (χ0v) is 23.0. The number of carbonyl (C=O) groups excluding carboxylic acids is 3. The van der Waals surface area contributed by atoms with E-state index in [0.717, 1.165) is 23.1 Å². The van der Waals surface area contributed by atoms with Crippen LogP contribution < -0.4 is 24.6 Å². The predicted molar refractivity (Wildman–Crippen MR) is 149 cm³/mol. The molecule has 40 heavy (non-hydrogen) atoms. The van der Waals surface area contributed by atoms with E-state index in [1.54, 1.807) is 67.8 Å². The molecule has 0 bridgehead atoms. The summed E-state index contributed by atoms with van der Waals surface area (Å²) in [7, 11) is 3.09. The molecule has 2 aromatic heterocycles. The van der Waals surface area contributed by atoms with Gasteiger partial charge in [0.05, 0.1) is 47.9 Å². The van der Waals surface area contributed by atoms with Gasteiger partial charge in [-0.15, -0.1) is 0 Å². The number of thioether (sulfide) groups is 1. The Labute approximate surface area is 236 Å². The van der Waals surface area contributed by atoms with E-state index in [4.69, 9.17) is 13.9 Å². The Bertz CT molecular complexity index is 1640. The smallest absolute Gasteiger partial charge is 0.308 e. The van der Waals surface area contributed by atoms with Crippen molar-refractivity contribution in [2.75, 3.05) is 24.4 Å². The highest BCUT2D eigenvalue weighted by atomic mass is 32.2. The number of hydrogen-bond donors (Lipinski definition) is 1. The van der Waals surface area contributed by atoms with Gasteiger partial charge in [-0.1, -0.05) is 23.1 Å². The van der Waals surface area contributed by atoms with E-state index in [0.29, 0.717) is 38.5 Å². The van der Waals surface area contributed by atoms with Crippen LogP contribution in [0.3, 0.4) is 0 Å². The first-order valence-electron chi connectivity index (χ1n) is 12.3. The van der Waals surface area contributed by atoms with Gasteiger partial charge in [0.15, 0.2) is 0 Å². The molecule has 2 aromatic carbocycles. The Kier molecular flexibility index (Phi) is 6.72. The minimum Gasteiger partial charge on any atom is -0.497 e. The van der Waals surface area contributed by atoms with Crippen molar-refractivity contribution < 1.29 is 28.3 Å². The fourth-order valence-electron chi connectivity index (χ4n) is 5.03. The molecule has 2 aliphatic rings. The molecule has 3 atom stereocenters. The summed E-state index contributed by atoms with van der Waals surface area (Å²) in [5.74, 6) is -0.871. The molecule has 0 radical (unpaired) electrons. The number of aromatic nitrogens is 1. The number of amides is 3. The lowest BCUT2D eigenvalue weighted by molar-refractivity contribution is -0.122. The van der Waals surface area contributed by atoms with Crippen molar-refractivity contribution in [1.29, 1.82) is 0 Å². The largest absolute Gasteiger partial charge is 0.497 e. The maximum atomic E-state index is 13.8. The summed E-state index contributed by atoms with van der Waals surface area (Å²) in [4.78, 5) is 55.1. The van der Waals surface area contributed by atoms with Crippen LogP contribution >= 0.6 is 23.1 Å². The summed E-state index contributed by atoms with van der Waals surface area (Å²) in [6, 6.07) is 17.0. The molecule has 0 saturated carbocycles. The van der Waals surface area contributed by atoms with E-state index < -0.39 is 23.0 Å². The van der Waals surface area contributed by atoms with Gasteiger partial charge in [-0.05, 0) is 60.7 Å². The van der Waals surface area contributed by atoms with E-state index in [1.165, 1.54) is 22.8 Å². The molecular formula is C28H23N3O7S2. The Balaban J connectivity index is 1.35. The van der Waals surface area contributed by atoms with Gasteiger partial charge in [0.25, 0.3) is 0 Å². The fourth-order valence-corrected chi connectivity index (χ4v) is 7.79. The molecule has 10 nitrogen and oxygen atoms in total. The number of rotatable bonds is 7. The van der Waals surface area contributed by atoms with E-state index in [2.05, 4.69) is 5.32 Å². The summed E-state index contributed by atoms with van der Waals surface area (Å²) in [6.07, 6.45) is 1.50. The maximum absolute atomic E-state index is 13.8. The first kappa shape index (κ1) is 26.0. The van der Waals surface area contributed by atoms with Crippen LogP contribution in [0.15, 0.2) is 81.2 Å². The normalized spacial score (nSPS) is 19.8. The van der Waals surface area contributed by atoms with E-state index in [9.17, 15) is 19.2 Å². The van der Waals surface area contributed by atoms with Crippen molar-refractivity contribution in [3.05, 3.63) is 87.2 Å². The fraction of sp³-hybridized carbons (Fsp3) is 0.214. The average molecular weight is 578 g/mol. The summed E-state index contributed by atoms with van der Waals surface area (Å²) < 4.78 is 17.4. The van der Waals surface area contributed by atoms with Crippen LogP contribution in [0.5, 0.6) is 11.5 Å². The molecule has 12 heteroatoms. The lowest BCUT2D eigenvalue weighted by Gasteiger charge is -2.29. The van der Waals surface area contributed by atoms with Crippen LogP contribution in [0.25, 0.3) is 0 Å². The monoisotopic (exact) mass is 577 g/mol. The highest BCUT2D eigenvalue weighted by Crippen LogP contribution is 2.54. The second-order valence-electron chi connectivity index (χ2n) is 9.17. The van der Waals surface area contributed by atoms with Gasteiger partial charge in [0.2, 0.25) is 17.7 Å². The Morgan fingerprint density at radius 2 is 1.62 bits per heavy atom. The number of imide groups is 1. The number of anilines is 2. The molecule has 1 saturated heterocycles. The molecule has 0 spiro atoms. The third kappa shape index (κ3) is 4.38. The Morgan fingerprint density at radius 3 is 2.25 bits per heavy atom. The topological polar surface area (TPSA) is 120 Å². The summed E-state index contributed by atoms with van der Waals surface area (Å²) in [5.41, 5.74) is 0.986. The summed E-state index contributed by atoms with van der Waals surface area (Å²) in [5, 5.41) is 2.47. The summed E-state index contributed by atoms with van der Waals surface area (Å²) in [6.45, 7) is -0.254. The molecule has 2 aliphatic heterocycles. The third-order valence-corrected chi connectivity index (χ3v) is 9.51. The van der Waals surface area contributed by atoms with Gasteiger partial charge in [-0.3, -0.25) is 23.7 Å². The molecule has 1 N–H and O–H groups in total. The van der Waals surface area contributed by atoms with Crippen LogP contribution in [0.2, 0.25) is 0 Å². The zero-order chi connectivity index (χ0) is 28.0. The van der Waals surface area contributed by atoms with Crippen molar-refractivity contribution in [1.82, 2.24) is 4.57 Å². The van der Waals surface area contributed by atoms with Gasteiger partial charge < -0.3 is 19.2 Å². The number of ether oxygens (including phenoxy) is 2. The SMILES string of the molecule is COc1ccc(NC(=O)Cn2c3c(sc2=O)[C@@H](c2ccco2)[C@@H]2C(=O)N(c4ccc(OC)cc4)C(=O)[C@@H]2S3)cc1. The van der Waals surface area contributed by atoms with Crippen LogP contribution in [-0.2, 0) is 20.9 Å². The van der Waals surface area contributed by atoms with E-state index in [1.807, 2.05) is 0 Å². The minimum atomic E-state index is -0.804. The highest BCUT2D eigenvalue weighted by Gasteiger charge is 2.57. The lowest BCUT2D eigenvalue weighted by Crippen LogP contribution is -2.32. The van der Waals surface area contributed by atoms with Gasteiger partial charge in [0, 0.05) is 5.69 Å². The van der Waals surface area contributed by atoms with Gasteiger partial charge >= 0.3 is 4.87 Å². The quantitative estimate of drug-likeness (QED) is 0.328. The number of fused-ring (bicyclic) bond motifs is 2. The molecule has 3 amide bonds. The second kappa shape index (κ2) is 10.4. The number of carbonyl (C=O) groups is 3. The molecular weight excluding hydrogens is 554 g/mol. The first-order valence-corrected chi connectivity index (χ1v) is 14.0. The number of hydrogen-bond acceptors (Lipinski definition) is 9. The van der Waals surface area contributed by atoms with E-state index >= 15 is 0 Å². The lowest BCUT2D eigenvalue weighted by atomic mass is 9.87. The standard InChI is InChI=1S/C28H23N3O7S2/c1-36-17-9-5-15(6-10-17)29-20(32)14-30-27-24(40-28(30)35)21(19-4-3-13-38-19)22-23(39-27)26(34)31(25(22)33)16-7-11-18(37-2)12-8-16/h3-13,21-23H,14H2,1-2H3,(H,29,32)/t21-,22-,23+/m0/s1. The van der Waals surface area contributed by atoms with Crippen molar-refractivity contribution in [2.24, 2.45) is 5.92 Å². The molecule has 6 rings (SSSR count). The first-order chi connectivity index (χ1) is 19.4. The van der Waals surface area contributed by atoms with Gasteiger partial charge in [-0.2, -0.15) is 0 Å². The number of furan rings is 1. The average Bonchev–Trinajstić information content (AvgIpc) is 3.66. The molecule has 1 fully saturated rings. The minimum absolute atomic E-state index is 0.254. The molecule has 204 valence electrons. The second-order valence-corrected chi connectivity index (χ2v) is 11.3. The van der Waals surface area contributed by atoms with Crippen molar-refractivity contribution in [3.63, 3.8) is 0 Å². The van der Waals surface area contributed by atoms with E-state index in [-0.39, 0.29) is 23.2 Å². The number of thiazole rings is 1. The number of methoxy groups -OCH3 is 2. The number of nitrogens with zero attached hydrogens (tertiary/aromatic N) is 2. The van der Waals surface area contributed by atoms with Crippen LogP contribution in [-0.4, -0.2) is 41.8 Å². The van der Waals surface area contributed by atoms with Crippen LogP contribution in [0.1, 0.15) is 16.6 Å². The Hall–Kier alpha value is -4.29. The molecule has 4 aromatic rings. The van der Waals surface area contributed by atoms with Crippen molar-refractivity contribution in [3.8, 4) is 11.5 Å². The van der Waals surface area contributed by atoms with Gasteiger partial charge in [-0.25, -0.2) is 4.90 Å². The molecule has 0 unspecified atom stereocenters. The highest BCUT2D eigenvalue weighted by molar-refractivity contribution is 8.00.